The summed E-state index contributed by atoms with van der Waals surface area (Å²) >= 11 is 0. The Morgan fingerprint density at radius 3 is 2.88 bits per heavy atom. The van der Waals surface area contributed by atoms with Crippen molar-refractivity contribution in [2.75, 3.05) is 6.79 Å². The molecule has 5 heteroatoms. The van der Waals surface area contributed by atoms with E-state index in [-0.39, 0.29) is 42.4 Å². The van der Waals surface area contributed by atoms with E-state index in [9.17, 15) is 9.18 Å². The molecule has 24 heavy (non-hydrogen) atoms. The van der Waals surface area contributed by atoms with E-state index in [2.05, 4.69) is 19.9 Å². The van der Waals surface area contributed by atoms with Crippen molar-refractivity contribution in [2.45, 2.75) is 40.9 Å². The number of allylic oxidation sites excluding steroid dienone is 2. The fraction of sp³-hybridized carbons (Fsp3) is 0.526. The minimum absolute atomic E-state index is 0.00699. The number of rotatable bonds is 4. The fourth-order valence-electron chi connectivity index (χ4n) is 3.40. The van der Waals surface area contributed by atoms with Gasteiger partial charge in [-0.2, -0.15) is 0 Å². The first-order valence-corrected chi connectivity index (χ1v) is 8.14. The molecule has 1 aromatic rings. The molecule has 1 heterocycles. The van der Waals surface area contributed by atoms with Crippen LogP contribution in [0.2, 0.25) is 0 Å². The molecular formula is C19H23FO4. The summed E-state index contributed by atoms with van der Waals surface area (Å²) in [6, 6.07) is 2.73. The Bertz CT molecular complexity index is 689. The SMILES string of the molecule is CC(C)=C[C@@H]1[C@H](C(=O)OCc2cc(F)cc3c2OCOC3)C1(C)C. The first-order valence-electron chi connectivity index (χ1n) is 8.14. The zero-order valence-corrected chi connectivity index (χ0v) is 14.5. The normalized spacial score (nSPS) is 23.7. The van der Waals surface area contributed by atoms with Gasteiger partial charge in [-0.25, -0.2) is 4.39 Å². The number of carbonyl (C=O) groups excluding carboxylic acids is 1. The third kappa shape index (κ3) is 3.18. The zero-order chi connectivity index (χ0) is 17.5. The molecule has 130 valence electrons. The van der Waals surface area contributed by atoms with Gasteiger partial charge in [0, 0.05) is 11.1 Å². The van der Waals surface area contributed by atoms with Crippen LogP contribution in [-0.4, -0.2) is 12.8 Å². The second-order valence-electron chi connectivity index (χ2n) is 7.34. The molecule has 3 rings (SSSR count). The molecule has 0 saturated heterocycles. The Morgan fingerprint density at radius 2 is 2.17 bits per heavy atom. The minimum Gasteiger partial charge on any atom is -0.467 e. The summed E-state index contributed by atoms with van der Waals surface area (Å²) in [4.78, 5) is 12.4. The first kappa shape index (κ1) is 17.0. The molecule has 4 nitrogen and oxygen atoms in total. The summed E-state index contributed by atoms with van der Waals surface area (Å²) in [5.41, 5.74) is 2.27. The van der Waals surface area contributed by atoms with E-state index in [0.29, 0.717) is 23.5 Å². The van der Waals surface area contributed by atoms with Crippen LogP contribution in [-0.2, 0) is 27.5 Å². The van der Waals surface area contributed by atoms with Crippen LogP contribution in [0.1, 0.15) is 38.8 Å². The van der Waals surface area contributed by atoms with Crippen LogP contribution in [0.25, 0.3) is 0 Å². The van der Waals surface area contributed by atoms with Crippen molar-refractivity contribution in [3.05, 3.63) is 40.7 Å². The first-order chi connectivity index (χ1) is 11.3. The lowest BCUT2D eigenvalue weighted by Crippen LogP contribution is -2.16. The van der Waals surface area contributed by atoms with E-state index in [1.807, 2.05) is 13.8 Å². The predicted molar refractivity (Wildman–Crippen MR) is 86.7 cm³/mol. The average molecular weight is 334 g/mol. The van der Waals surface area contributed by atoms with Crippen molar-refractivity contribution in [3.63, 3.8) is 0 Å². The molecule has 1 aliphatic heterocycles. The fourth-order valence-corrected chi connectivity index (χ4v) is 3.40. The van der Waals surface area contributed by atoms with Crippen molar-refractivity contribution in [3.8, 4) is 5.75 Å². The maximum Gasteiger partial charge on any atom is 0.310 e. The van der Waals surface area contributed by atoms with Crippen molar-refractivity contribution in [1.82, 2.24) is 0 Å². The van der Waals surface area contributed by atoms with Gasteiger partial charge in [-0.3, -0.25) is 4.79 Å². The van der Waals surface area contributed by atoms with E-state index in [1.165, 1.54) is 17.7 Å². The number of esters is 1. The van der Waals surface area contributed by atoms with Crippen LogP contribution in [0.3, 0.4) is 0 Å². The van der Waals surface area contributed by atoms with E-state index in [0.717, 1.165) is 0 Å². The second kappa shape index (κ2) is 6.20. The van der Waals surface area contributed by atoms with Crippen LogP contribution in [0.4, 0.5) is 4.39 Å². The highest BCUT2D eigenvalue weighted by Crippen LogP contribution is 2.59. The molecule has 0 amide bonds. The number of benzene rings is 1. The van der Waals surface area contributed by atoms with Gasteiger partial charge in [0.1, 0.15) is 18.2 Å². The molecule has 0 unspecified atom stereocenters. The number of hydrogen-bond acceptors (Lipinski definition) is 4. The molecule has 0 N–H and O–H groups in total. The van der Waals surface area contributed by atoms with E-state index in [1.54, 1.807) is 0 Å². The van der Waals surface area contributed by atoms with Gasteiger partial charge in [0.25, 0.3) is 0 Å². The van der Waals surface area contributed by atoms with Crippen molar-refractivity contribution >= 4 is 5.97 Å². The Morgan fingerprint density at radius 1 is 1.42 bits per heavy atom. The lowest BCUT2D eigenvalue weighted by Gasteiger charge is -2.20. The summed E-state index contributed by atoms with van der Waals surface area (Å²) in [5, 5.41) is 0. The smallest absolute Gasteiger partial charge is 0.310 e. The minimum atomic E-state index is -0.386. The number of fused-ring (bicyclic) bond motifs is 1. The Hall–Kier alpha value is -1.88. The topological polar surface area (TPSA) is 44.8 Å². The van der Waals surface area contributed by atoms with Crippen LogP contribution in [0.5, 0.6) is 5.75 Å². The van der Waals surface area contributed by atoms with Gasteiger partial charge in [0.15, 0.2) is 6.79 Å². The monoisotopic (exact) mass is 334 g/mol. The van der Waals surface area contributed by atoms with Crippen molar-refractivity contribution in [1.29, 1.82) is 0 Å². The molecule has 1 fully saturated rings. The average Bonchev–Trinajstić information content (AvgIpc) is 3.04. The molecule has 0 bridgehead atoms. The van der Waals surface area contributed by atoms with E-state index < -0.39 is 0 Å². The second-order valence-corrected chi connectivity index (χ2v) is 7.34. The van der Waals surface area contributed by atoms with Gasteiger partial charge in [-0.15, -0.1) is 0 Å². The van der Waals surface area contributed by atoms with Crippen molar-refractivity contribution in [2.24, 2.45) is 17.3 Å². The van der Waals surface area contributed by atoms with Gasteiger partial charge in [0.05, 0.1) is 12.5 Å². The van der Waals surface area contributed by atoms with Gasteiger partial charge in [-0.05, 0) is 37.3 Å². The maximum atomic E-state index is 13.7. The number of hydrogen-bond donors (Lipinski definition) is 0. The summed E-state index contributed by atoms with van der Waals surface area (Å²) in [7, 11) is 0. The molecule has 2 atom stereocenters. The third-order valence-corrected chi connectivity index (χ3v) is 4.80. The highest BCUT2D eigenvalue weighted by molar-refractivity contribution is 5.78. The molecule has 1 aromatic carbocycles. The van der Waals surface area contributed by atoms with Crippen LogP contribution in [0.15, 0.2) is 23.8 Å². The van der Waals surface area contributed by atoms with Gasteiger partial charge in [0.2, 0.25) is 0 Å². The summed E-state index contributed by atoms with van der Waals surface area (Å²) in [6.07, 6.45) is 2.12. The zero-order valence-electron chi connectivity index (χ0n) is 14.5. The third-order valence-electron chi connectivity index (χ3n) is 4.80. The molecule has 1 aliphatic carbocycles. The molecule has 2 aliphatic rings. The highest BCUT2D eigenvalue weighted by Gasteiger charge is 2.61. The lowest BCUT2D eigenvalue weighted by atomic mass is 10.1. The lowest BCUT2D eigenvalue weighted by molar-refractivity contribution is -0.147. The molecular weight excluding hydrogens is 311 g/mol. The molecule has 1 saturated carbocycles. The maximum absolute atomic E-state index is 13.7. The van der Waals surface area contributed by atoms with Crippen LogP contribution in [0, 0.1) is 23.1 Å². The molecule has 0 aromatic heterocycles. The highest BCUT2D eigenvalue weighted by atomic mass is 19.1. The number of carbonyl (C=O) groups is 1. The summed E-state index contributed by atoms with van der Waals surface area (Å²) in [6.45, 7) is 8.60. The largest absolute Gasteiger partial charge is 0.467 e. The number of ether oxygens (including phenoxy) is 3. The molecule has 0 spiro atoms. The van der Waals surface area contributed by atoms with Gasteiger partial charge >= 0.3 is 5.97 Å². The van der Waals surface area contributed by atoms with Gasteiger partial charge < -0.3 is 14.2 Å². The van der Waals surface area contributed by atoms with Crippen molar-refractivity contribution < 1.29 is 23.4 Å². The van der Waals surface area contributed by atoms with E-state index >= 15 is 0 Å². The van der Waals surface area contributed by atoms with Gasteiger partial charge in [-0.1, -0.05) is 25.5 Å². The summed E-state index contributed by atoms with van der Waals surface area (Å²) in [5.74, 6) is -0.0240. The predicted octanol–water partition coefficient (Wildman–Crippen LogP) is 3.97. The Labute approximate surface area is 141 Å². The van der Waals surface area contributed by atoms with Crippen LogP contribution >= 0.6 is 0 Å². The van der Waals surface area contributed by atoms with Crippen LogP contribution < -0.4 is 4.74 Å². The quantitative estimate of drug-likeness (QED) is 0.617. The van der Waals surface area contributed by atoms with E-state index in [4.69, 9.17) is 14.2 Å². The standard InChI is InChI=1S/C19H23FO4/c1-11(2)5-15-16(19(15,3)4)18(21)23-9-13-7-14(20)6-12-8-22-10-24-17(12)13/h5-7,15-16H,8-10H2,1-4H3/t15-,16-/m1/s1. The molecule has 0 radical (unpaired) electrons. The summed E-state index contributed by atoms with van der Waals surface area (Å²) < 4.78 is 29.8. The Kier molecular flexibility index (Phi) is 4.38. The Balaban J connectivity index is 1.70. The number of halogens is 1.